The topological polar surface area (TPSA) is 62.5 Å². The van der Waals surface area contributed by atoms with E-state index >= 15 is 0 Å². The molecule has 4 bridgehead atoms. The van der Waals surface area contributed by atoms with Gasteiger partial charge in [-0.05, 0) is 96.6 Å². The van der Waals surface area contributed by atoms with Gasteiger partial charge in [0.2, 0.25) is 0 Å². The molecule has 4 aliphatic rings. The predicted octanol–water partition coefficient (Wildman–Crippen LogP) is 11.2. The number of nitriles is 1. The van der Waals surface area contributed by atoms with E-state index in [1.54, 1.807) is 16.9 Å². The molecule has 0 N–H and O–H groups in total. The molecule has 0 amide bonds. The van der Waals surface area contributed by atoms with Crippen LogP contribution in [0.3, 0.4) is 0 Å². The number of hydrogen-bond acceptors (Lipinski definition) is 5. The van der Waals surface area contributed by atoms with Gasteiger partial charge in [-0.25, -0.2) is 15.0 Å². The van der Waals surface area contributed by atoms with Gasteiger partial charge < -0.3 is 0 Å². The normalized spacial score (nSPS) is 22.5. The van der Waals surface area contributed by atoms with E-state index in [9.17, 15) is 5.26 Å². The van der Waals surface area contributed by atoms with Crippen LogP contribution in [0.2, 0.25) is 0 Å². The number of rotatable bonds is 5. The first-order chi connectivity index (χ1) is 24.1. The zero-order valence-corrected chi connectivity index (χ0v) is 28.0. The van der Waals surface area contributed by atoms with E-state index in [0.717, 1.165) is 54.8 Å². The fourth-order valence-corrected chi connectivity index (χ4v) is 10.9. The van der Waals surface area contributed by atoms with Crippen LogP contribution >= 0.6 is 11.3 Å². The lowest BCUT2D eigenvalue weighted by molar-refractivity contribution is -0.00518. The molecule has 0 spiro atoms. The van der Waals surface area contributed by atoms with Crippen LogP contribution in [-0.4, -0.2) is 15.0 Å². The minimum Gasteiger partial charge on any atom is -0.208 e. The third-order valence-electron chi connectivity index (χ3n) is 11.5. The van der Waals surface area contributed by atoms with Gasteiger partial charge in [0.1, 0.15) is 0 Å². The Kier molecular flexibility index (Phi) is 6.57. The van der Waals surface area contributed by atoms with E-state index in [4.69, 9.17) is 15.0 Å². The van der Waals surface area contributed by atoms with E-state index in [-0.39, 0.29) is 0 Å². The van der Waals surface area contributed by atoms with Gasteiger partial charge in [0.05, 0.1) is 11.6 Å². The third-order valence-corrected chi connectivity index (χ3v) is 12.7. The van der Waals surface area contributed by atoms with Crippen molar-refractivity contribution in [1.29, 1.82) is 5.26 Å². The number of fused-ring (bicyclic) bond motifs is 3. The lowest BCUT2D eigenvalue weighted by Crippen LogP contribution is -2.48. The van der Waals surface area contributed by atoms with Crippen LogP contribution in [0.15, 0.2) is 115 Å². The van der Waals surface area contributed by atoms with Crippen molar-refractivity contribution in [3.8, 4) is 51.4 Å². The van der Waals surface area contributed by atoms with Crippen LogP contribution in [0.4, 0.5) is 0 Å². The van der Waals surface area contributed by atoms with Gasteiger partial charge in [0, 0.05) is 36.9 Å². The minimum absolute atomic E-state index is 0.383. The van der Waals surface area contributed by atoms with Crippen molar-refractivity contribution in [2.45, 2.75) is 43.9 Å². The van der Waals surface area contributed by atoms with Crippen molar-refractivity contribution in [3.63, 3.8) is 0 Å². The molecular formula is C44H34N4S. The van der Waals surface area contributed by atoms with Gasteiger partial charge in [0.25, 0.3) is 0 Å². The average Bonchev–Trinajstić information content (AvgIpc) is 3.51. The molecule has 2 heterocycles. The zero-order chi connectivity index (χ0) is 32.5. The monoisotopic (exact) mass is 650 g/mol. The number of benzene rings is 5. The summed E-state index contributed by atoms with van der Waals surface area (Å²) in [5.41, 5.74) is 7.82. The maximum Gasteiger partial charge on any atom is 0.164 e. The van der Waals surface area contributed by atoms with Crippen molar-refractivity contribution >= 4 is 31.5 Å². The van der Waals surface area contributed by atoms with E-state index < -0.39 is 0 Å². The summed E-state index contributed by atoms with van der Waals surface area (Å²) in [5, 5.41) is 11.8. The second-order valence-electron chi connectivity index (χ2n) is 14.6. The van der Waals surface area contributed by atoms with Crippen LogP contribution in [0.25, 0.3) is 65.5 Å². The molecule has 49 heavy (non-hydrogen) atoms. The molecule has 4 saturated carbocycles. The summed E-state index contributed by atoms with van der Waals surface area (Å²) < 4.78 is 2.25. The molecule has 11 rings (SSSR count). The molecule has 0 aliphatic heterocycles. The molecule has 0 radical (unpaired) electrons. The summed E-state index contributed by atoms with van der Waals surface area (Å²) in [7, 11) is 0. The third kappa shape index (κ3) is 4.89. The van der Waals surface area contributed by atoms with Crippen LogP contribution in [0.1, 0.15) is 49.7 Å². The smallest absolute Gasteiger partial charge is 0.164 e. The maximum absolute atomic E-state index is 9.44. The molecule has 0 unspecified atom stereocenters. The average molecular weight is 651 g/mol. The van der Waals surface area contributed by atoms with E-state index in [2.05, 4.69) is 84.9 Å². The SMILES string of the molecule is N#Cc1ccc2c(c1)sc1cc(-c3nc(-c4ccccc4)nc(-c4ccccc4-c4ccc(C56C[C@H]7C[C@H](C5)C[C@@H](C6)C7)cc4)n3)ccc12. The highest BCUT2D eigenvalue weighted by atomic mass is 32.1. The van der Waals surface area contributed by atoms with Crippen LogP contribution < -0.4 is 0 Å². The molecule has 7 aromatic rings. The fraction of sp³-hybridized carbons (Fsp3) is 0.227. The van der Waals surface area contributed by atoms with Crippen molar-refractivity contribution in [2.75, 3.05) is 0 Å². The number of hydrogen-bond donors (Lipinski definition) is 0. The highest BCUT2D eigenvalue weighted by Crippen LogP contribution is 2.60. The Bertz CT molecular complexity index is 2400. The molecule has 0 atom stereocenters. The molecule has 4 nitrogen and oxygen atoms in total. The molecule has 4 fully saturated rings. The maximum atomic E-state index is 9.44. The van der Waals surface area contributed by atoms with Crippen molar-refractivity contribution in [2.24, 2.45) is 17.8 Å². The Hall–Kier alpha value is -5.18. The Labute approximate surface area is 290 Å². The van der Waals surface area contributed by atoms with Gasteiger partial charge >= 0.3 is 0 Å². The molecule has 5 aromatic carbocycles. The summed E-state index contributed by atoms with van der Waals surface area (Å²) in [4.78, 5) is 15.3. The second kappa shape index (κ2) is 11.2. The summed E-state index contributed by atoms with van der Waals surface area (Å²) in [6.45, 7) is 0. The standard InChI is InChI=1S/C44H34N4S/c45-26-27-10-16-36-37-17-13-33(22-40(37)49-39(36)21-27)42-46-41(32-6-2-1-3-7-32)47-43(48-42)38-9-5-4-8-35(38)31-11-14-34(15-12-31)44-23-28-18-29(24-44)20-30(19-28)25-44/h1-17,21-22,28-30H,18-20,23-25H2/t28-,29-,30-,44?. The van der Waals surface area contributed by atoms with Crippen molar-refractivity contribution < 1.29 is 0 Å². The second-order valence-corrected chi connectivity index (χ2v) is 15.7. The largest absolute Gasteiger partial charge is 0.208 e. The molecule has 5 heteroatoms. The first-order valence-electron chi connectivity index (χ1n) is 17.5. The fourth-order valence-electron chi connectivity index (χ4n) is 9.72. The summed E-state index contributed by atoms with van der Waals surface area (Å²) in [6.07, 6.45) is 8.51. The Morgan fingerprint density at radius 2 is 1.12 bits per heavy atom. The Morgan fingerprint density at radius 3 is 1.82 bits per heavy atom. The lowest BCUT2D eigenvalue weighted by Gasteiger charge is -2.57. The van der Waals surface area contributed by atoms with Gasteiger partial charge in [-0.15, -0.1) is 11.3 Å². The van der Waals surface area contributed by atoms with E-state index in [1.807, 2.05) is 36.4 Å². The molecule has 4 aliphatic carbocycles. The van der Waals surface area contributed by atoms with E-state index in [0.29, 0.717) is 28.5 Å². The Morgan fingerprint density at radius 1 is 0.551 bits per heavy atom. The molecular weight excluding hydrogens is 617 g/mol. The van der Waals surface area contributed by atoms with Gasteiger partial charge in [-0.3, -0.25) is 0 Å². The summed E-state index contributed by atoms with van der Waals surface area (Å²) in [5.74, 6) is 4.76. The Balaban J connectivity index is 1.07. The van der Waals surface area contributed by atoms with Crippen LogP contribution in [0, 0.1) is 29.1 Å². The first-order valence-corrected chi connectivity index (χ1v) is 18.3. The van der Waals surface area contributed by atoms with E-state index in [1.165, 1.54) is 49.5 Å². The van der Waals surface area contributed by atoms with Crippen molar-refractivity contribution in [1.82, 2.24) is 15.0 Å². The van der Waals surface area contributed by atoms with Crippen LogP contribution in [-0.2, 0) is 5.41 Å². The molecule has 236 valence electrons. The number of thiophene rings is 1. The zero-order valence-electron chi connectivity index (χ0n) is 27.1. The predicted molar refractivity (Wildman–Crippen MR) is 199 cm³/mol. The van der Waals surface area contributed by atoms with Crippen molar-refractivity contribution in [3.05, 3.63) is 126 Å². The summed E-state index contributed by atoms with van der Waals surface area (Å²) in [6, 6.07) is 42.8. The highest BCUT2D eigenvalue weighted by Gasteiger charge is 2.51. The summed E-state index contributed by atoms with van der Waals surface area (Å²) >= 11 is 1.70. The number of nitrogens with zero attached hydrogens (tertiary/aromatic N) is 4. The highest BCUT2D eigenvalue weighted by molar-refractivity contribution is 7.25. The molecule has 0 saturated heterocycles. The van der Waals surface area contributed by atoms with Gasteiger partial charge in [-0.1, -0.05) is 97.1 Å². The quantitative estimate of drug-likeness (QED) is 0.186. The van der Waals surface area contributed by atoms with Gasteiger partial charge in [-0.2, -0.15) is 5.26 Å². The number of aromatic nitrogens is 3. The minimum atomic E-state index is 0.383. The van der Waals surface area contributed by atoms with Gasteiger partial charge in [0.15, 0.2) is 17.5 Å². The van der Waals surface area contributed by atoms with Crippen LogP contribution in [0.5, 0.6) is 0 Å². The lowest BCUT2D eigenvalue weighted by atomic mass is 9.48. The first kappa shape index (κ1) is 28.8. The molecule has 2 aromatic heterocycles.